The van der Waals surface area contributed by atoms with Crippen molar-refractivity contribution in [2.75, 3.05) is 0 Å². The maximum Gasteiger partial charge on any atom is 0.137 e. The molecular formula is C96H60N4OS. The molecule has 0 atom stereocenters. The van der Waals surface area contributed by atoms with Gasteiger partial charge in [-0.2, -0.15) is 0 Å². The van der Waals surface area contributed by atoms with Gasteiger partial charge in [0.1, 0.15) is 11.2 Å². The second kappa shape index (κ2) is 23.2. The van der Waals surface area contributed by atoms with Crippen molar-refractivity contribution in [1.82, 2.24) is 18.3 Å². The van der Waals surface area contributed by atoms with E-state index in [1.54, 1.807) is 0 Å². The summed E-state index contributed by atoms with van der Waals surface area (Å²) in [4.78, 5) is 0. The van der Waals surface area contributed by atoms with E-state index in [1.165, 1.54) is 158 Å². The van der Waals surface area contributed by atoms with Crippen LogP contribution < -0.4 is 0 Å². The normalized spacial score (nSPS) is 11.9. The number of benzene rings is 16. The number of fused-ring (bicyclic) bond motifs is 18. The molecule has 0 spiro atoms. The highest BCUT2D eigenvalue weighted by Crippen LogP contribution is 2.44. The third-order valence-electron chi connectivity index (χ3n) is 21.1. The summed E-state index contributed by atoms with van der Waals surface area (Å²) in [6.45, 7) is 0. The topological polar surface area (TPSA) is 32.9 Å². The number of hydrogen-bond acceptors (Lipinski definition) is 2. The molecule has 476 valence electrons. The van der Waals surface area contributed by atoms with Gasteiger partial charge in [-0.15, -0.1) is 11.3 Å². The van der Waals surface area contributed by atoms with E-state index in [0.717, 1.165) is 39.0 Å². The molecule has 6 heterocycles. The largest absolute Gasteiger partial charge is 0.456 e. The Morgan fingerprint density at radius 1 is 0.186 bits per heavy atom. The summed E-state index contributed by atoms with van der Waals surface area (Å²) in [5.41, 5.74) is 25.8. The van der Waals surface area contributed by atoms with Gasteiger partial charge in [0.15, 0.2) is 0 Å². The zero-order valence-electron chi connectivity index (χ0n) is 55.2. The fourth-order valence-electron chi connectivity index (χ4n) is 16.4. The van der Waals surface area contributed by atoms with Crippen molar-refractivity contribution >= 4 is 141 Å². The van der Waals surface area contributed by atoms with Gasteiger partial charge in [-0.3, -0.25) is 0 Å². The highest BCUT2D eigenvalue weighted by atomic mass is 32.1. The molecule has 6 aromatic heterocycles. The van der Waals surface area contributed by atoms with E-state index in [0.29, 0.717) is 0 Å². The van der Waals surface area contributed by atoms with Crippen LogP contribution in [0.4, 0.5) is 0 Å². The molecule has 5 nitrogen and oxygen atoms in total. The fourth-order valence-corrected chi connectivity index (χ4v) is 17.5. The zero-order chi connectivity index (χ0) is 66.9. The molecule has 0 amide bonds. The minimum absolute atomic E-state index is 0.899. The van der Waals surface area contributed by atoms with Gasteiger partial charge in [-0.25, -0.2) is 0 Å². The Balaban J connectivity index is 0.000000133. The van der Waals surface area contributed by atoms with Gasteiger partial charge in [0, 0.05) is 85.7 Å². The van der Waals surface area contributed by atoms with Crippen LogP contribution in [0.1, 0.15) is 0 Å². The van der Waals surface area contributed by atoms with Crippen molar-refractivity contribution in [2.45, 2.75) is 0 Å². The number of nitrogens with zero attached hydrogens (tertiary/aromatic N) is 4. The van der Waals surface area contributed by atoms with Gasteiger partial charge in [-0.1, -0.05) is 231 Å². The van der Waals surface area contributed by atoms with E-state index < -0.39 is 0 Å². The van der Waals surface area contributed by atoms with Crippen LogP contribution in [0.2, 0.25) is 0 Å². The smallest absolute Gasteiger partial charge is 0.137 e. The number of furan rings is 1. The average Bonchev–Trinajstić information content (AvgIpc) is 1.60. The molecule has 0 fully saturated rings. The van der Waals surface area contributed by atoms with Crippen molar-refractivity contribution in [2.24, 2.45) is 0 Å². The Bertz CT molecular complexity index is 7100. The van der Waals surface area contributed by atoms with E-state index in [4.69, 9.17) is 4.42 Å². The molecule has 0 N–H and O–H groups in total. The van der Waals surface area contributed by atoms with Crippen LogP contribution in [-0.2, 0) is 0 Å². The SMILES string of the molecule is c1ccc(-c2ccc(-n3c4ccccc4c4cc(-c5ccc6c(c5)c5ccccc5n6-c5ccc6c(c5)sc5ccccc56)ccc43)cc2)cc1.c1ccc(-c2ccc(-n3c4ccccc4c4cc(-c5ccc6c(c5)c5ccccc5n6-c5cccc6oc7ccccc7c56)ccc43)cc2)cc1. The van der Waals surface area contributed by atoms with E-state index in [2.05, 4.69) is 370 Å². The van der Waals surface area contributed by atoms with E-state index >= 15 is 0 Å². The summed E-state index contributed by atoms with van der Waals surface area (Å²) in [5, 5.41) is 14.9. The van der Waals surface area contributed by atoms with Crippen LogP contribution in [0.25, 0.3) is 197 Å². The molecule has 0 unspecified atom stereocenters. The maximum atomic E-state index is 6.30. The Morgan fingerprint density at radius 2 is 0.520 bits per heavy atom. The van der Waals surface area contributed by atoms with Crippen LogP contribution in [0.15, 0.2) is 368 Å². The quantitative estimate of drug-likeness (QED) is 0.149. The standard InChI is InChI=1S/C48H30N2O.C48H30N2S/c1-2-11-31(12-3-1)32-21-25-35(26-22-32)49-41-16-7-4-13-36(41)39-29-33(23-27-43(39)49)34-24-28-44-40(30-34)37-14-5-8-17-42(37)50(44)45-18-10-20-47-48(45)38-15-6-9-19-46(38)51-47;1-2-10-31(11-3-1)32-18-22-35(23-19-32)49-43-15-7-4-12-37(43)41-28-33(20-26-45(41)49)34-21-27-46-42(29-34)38-13-5-8-16-44(38)50(46)36-24-25-40-39-14-6-9-17-47(39)51-48(40)30-36/h2*1-30H. The zero-order valence-corrected chi connectivity index (χ0v) is 56.1. The molecule has 0 radical (unpaired) electrons. The molecule has 6 heteroatoms. The van der Waals surface area contributed by atoms with E-state index in [9.17, 15) is 0 Å². The van der Waals surface area contributed by atoms with Crippen molar-refractivity contribution in [3.8, 4) is 67.3 Å². The van der Waals surface area contributed by atoms with Gasteiger partial charge in [0.2, 0.25) is 0 Å². The molecule has 16 aromatic carbocycles. The number of hydrogen-bond donors (Lipinski definition) is 0. The first-order valence-electron chi connectivity index (χ1n) is 34.9. The molecule has 0 bridgehead atoms. The lowest BCUT2D eigenvalue weighted by atomic mass is 10.0. The second-order valence-corrected chi connectivity index (χ2v) is 27.8. The monoisotopic (exact) mass is 1320 g/mol. The van der Waals surface area contributed by atoms with Crippen LogP contribution in [0, 0.1) is 0 Å². The highest BCUT2D eigenvalue weighted by Gasteiger charge is 2.22. The molecule has 22 aromatic rings. The molecule has 22 rings (SSSR count). The Labute approximate surface area is 590 Å². The minimum Gasteiger partial charge on any atom is -0.456 e. The third kappa shape index (κ3) is 9.17. The lowest BCUT2D eigenvalue weighted by Gasteiger charge is -2.11. The van der Waals surface area contributed by atoms with Crippen molar-refractivity contribution in [3.63, 3.8) is 0 Å². The van der Waals surface area contributed by atoms with Crippen LogP contribution in [0.5, 0.6) is 0 Å². The third-order valence-corrected chi connectivity index (χ3v) is 22.2. The molecule has 0 aliphatic heterocycles. The van der Waals surface area contributed by atoms with Gasteiger partial charge in [-0.05, 0) is 178 Å². The second-order valence-electron chi connectivity index (χ2n) is 26.7. The van der Waals surface area contributed by atoms with Crippen molar-refractivity contribution in [1.29, 1.82) is 0 Å². The first-order chi connectivity index (χ1) is 50.6. The average molecular weight is 1320 g/mol. The first-order valence-corrected chi connectivity index (χ1v) is 35.7. The lowest BCUT2D eigenvalue weighted by Crippen LogP contribution is -1.94. The minimum atomic E-state index is 0.899. The van der Waals surface area contributed by atoms with E-state index in [-0.39, 0.29) is 0 Å². The Kier molecular flexibility index (Phi) is 13.1. The maximum absolute atomic E-state index is 6.30. The molecule has 0 aliphatic rings. The van der Waals surface area contributed by atoms with Gasteiger partial charge in [0.25, 0.3) is 0 Å². The summed E-state index contributed by atoms with van der Waals surface area (Å²) in [5.74, 6) is 0. The van der Waals surface area contributed by atoms with Crippen LogP contribution in [-0.4, -0.2) is 18.3 Å². The molecule has 0 saturated carbocycles. The number of rotatable bonds is 8. The van der Waals surface area contributed by atoms with E-state index in [1.807, 2.05) is 23.5 Å². The molecule has 0 aliphatic carbocycles. The number of thiophene rings is 1. The van der Waals surface area contributed by atoms with Crippen molar-refractivity contribution < 1.29 is 4.42 Å². The predicted molar refractivity (Wildman–Crippen MR) is 432 cm³/mol. The van der Waals surface area contributed by atoms with Gasteiger partial charge < -0.3 is 22.7 Å². The van der Waals surface area contributed by atoms with Crippen LogP contribution in [0.3, 0.4) is 0 Å². The number of aromatic nitrogens is 4. The summed E-state index contributed by atoms with van der Waals surface area (Å²) >= 11 is 1.87. The molecule has 102 heavy (non-hydrogen) atoms. The molecular weight excluding hydrogens is 1260 g/mol. The predicted octanol–water partition coefficient (Wildman–Crippen LogP) is 26.7. The van der Waals surface area contributed by atoms with Gasteiger partial charge in [0.05, 0.1) is 55.2 Å². The summed E-state index contributed by atoms with van der Waals surface area (Å²) in [6.07, 6.45) is 0. The van der Waals surface area contributed by atoms with Crippen molar-refractivity contribution in [3.05, 3.63) is 364 Å². The lowest BCUT2D eigenvalue weighted by molar-refractivity contribution is 0.669. The number of para-hydroxylation sites is 5. The Hall–Kier alpha value is -13.3. The fraction of sp³-hybridized carbons (Fsp3) is 0. The molecule has 0 saturated heterocycles. The summed E-state index contributed by atoms with van der Waals surface area (Å²) < 4.78 is 18.6. The van der Waals surface area contributed by atoms with Crippen LogP contribution >= 0.6 is 11.3 Å². The first kappa shape index (κ1) is 57.8. The Morgan fingerprint density at radius 3 is 1.00 bits per heavy atom. The summed E-state index contributed by atoms with van der Waals surface area (Å²) in [7, 11) is 0. The summed E-state index contributed by atoms with van der Waals surface area (Å²) in [6, 6.07) is 132. The van der Waals surface area contributed by atoms with Gasteiger partial charge >= 0.3 is 0 Å². The highest BCUT2D eigenvalue weighted by molar-refractivity contribution is 7.25.